The zero-order chi connectivity index (χ0) is 26.9. The highest BCUT2D eigenvalue weighted by Gasteiger charge is 2.07. The molecule has 0 aliphatic carbocycles. The zero-order valence-electron chi connectivity index (χ0n) is 24.1. The lowest BCUT2D eigenvalue weighted by molar-refractivity contribution is 0.104. The normalized spacial score (nSPS) is 11.6. The van der Waals surface area contributed by atoms with Gasteiger partial charge in [0.2, 0.25) is 0 Å². The van der Waals surface area contributed by atoms with Gasteiger partial charge in [-0.25, -0.2) is 0 Å². The molecule has 0 aliphatic rings. The molecule has 2 aromatic rings. The summed E-state index contributed by atoms with van der Waals surface area (Å²) in [6.45, 7) is 3.16. The van der Waals surface area contributed by atoms with Crippen molar-refractivity contribution in [3.05, 3.63) is 77.9 Å². The Morgan fingerprint density at radius 2 is 1.05 bits per heavy atom. The average molecular weight is 536 g/mol. The molecule has 0 spiro atoms. The Kier molecular flexibility index (Phi) is 19.4. The van der Waals surface area contributed by atoms with E-state index in [1.54, 1.807) is 6.08 Å². The van der Waals surface area contributed by atoms with E-state index in [2.05, 4.69) is 24.4 Å². The fraction of sp³-hybridized carbons (Fsp3) is 0.571. The molecule has 0 atom stereocenters. The first kappa shape index (κ1) is 32.2. The van der Waals surface area contributed by atoms with E-state index < -0.39 is 0 Å². The maximum atomic E-state index is 12.7. The Hall–Kier alpha value is -2.00. The van der Waals surface area contributed by atoms with Crippen molar-refractivity contribution in [2.75, 3.05) is 18.1 Å². The summed E-state index contributed by atoms with van der Waals surface area (Å²) in [6, 6.07) is 19.7. The lowest BCUT2D eigenvalue weighted by atomic mass is 10.0. The third-order valence-electron chi connectivity index (χ3n) is 7.12. The summed E-state index contributed by atoms with van der Waals surface area (Å²) in [5.74, 6) is 2.33. The highest BCUT2D eigenvalue weighted by atomic mass is 32.2. The second kappa shape index (κ2) is 22.9. The predicted octanol–water partition coefficient (Wildman–Crippen LogP) is 10.5. The average Bonchev–Trinajstić information content (AvgIpc) is 2.96. The molecule has 0 saturated carbocycles. The van der Waals surface area contributed by atoms with Gasteiger partial charge in [0.1, 0.15) is 0 Å². The Labute approximate surface area is 238 Å². The summed E-state index contributed by atoms with van der Waals surface area (Å²) in [5.41, 5.74) is 2.68. The van der Waals surface area contributed by atoms with Crippen LogP contribution in [0.4, 0.5) is 0 Å². The number of carbonyl (C=O) groups is 1. The lowest BCUT2D eigenvalue weighted by Crippen LogP contribution is -2.17. The van der Waals surface area contributed by atoms with Gasteiger partial charge >= 0.3 is 0 Å². The number of rotatable bonds is 24. The van der Waals surface area contributed by atoms with Crippen molar-refractivity contribution in [2.45, 2.75) is 110 Å². The molecule has 0 fully saturated rings. The van der Waals surface area contributed by atoms with E-state index >= 15 is 0 Å². The van der Waals surface area contributed by atoms with Crippen LogP contribution >= 0.6 is 11.8 Å². The Bertz CT molecular complexity index is 849. The second-order valence-corrected chi connectivity index (χ2v) is 11.7. The second-order valence-electron chi connectivity index (χ2n) is 10.5. The molecule has 1 N–H and O–H groups in total. The number of thioether (sulfide) groups is 1. The molecule has 0 aromatic heterocycles. The summed E-state index contributed by atoms with van der Waals surface area (Å²) >= 11 is 2.02. The lowest BCUT2D eigenvalue weighted by Gasteiger charge is -2.11. The van der Waals surface area contributed by atoms with Crippen molar-refractivity contribution < 1.29 is 4.79 Å². The van der Waals surface area contributed by atoms with E-state index in [0.29, 0.717) is 0 Å². The molecule has 0 saturated heterocycles. The first-order valence-electron chi connectivity index (χ1n) is 15.5. The molecule has 3 heteroatoms. The van der Waals surface area contributed by atoms with Gasteiger partial charge in [-0.2, -0.15) is 11.8 Å². The summed E-state index contributed by atoms with van der Waals surface area (Å²) < 4.78 is 0. The highest BCUT2D eigenvalue weighted by Crippen LogP contribution is 2.16. The molecule has 0 radical (unpaired) electrons. The molecule has 0 amide bonds. The minimum absolute atomic E-state index is 0.0396. The fourth-order valence-electron chi connectivity index (χ4n) is 4.78. The van der Waals surface area contributed by atoms with Crippen LogP contribution in [0.25, 0.3) is 5.70 Å². The van der Waals surface area contributed by atoms with E-state index in [9.17, 15) is 4.79 Å². The quantitative estimate of drug-likeness (QED) is 0.0823. The van der Waals surface area contributed by atoms with E-state index in [1.807, 2.05) is 60.3 Å². The third-order valence-corrected chi connectivity index (χ3v) is 8.19. The van der Waals surface area contributed by atoms with E-state index in [0.717, 1.165) is 29.1 Å². The highest BCUT2D eigenvalue weighted by molar-refractivity contribution is 7.99. The number of nitrogens with one attached hydrogen (secondary N) is 1. The van der Waals surface area contributed by atoms with Crippen molar-refractivity contribution in [1.82, 2.24) is 5.32 Å². The van der Waals surface area contributed by atoms with Crippen molar-refractivity contribution >= 4 is 23.2 Å². The maximum absolute atomic E-state index is 12.7. The van der Waals surface area contributed by atoms with Crippen molar-refractivity contribution in [1.29, 1.82) is 0 Å². The van der Waals surface area contributed by atoms with Crippen LogP contribution in [-0.2, 0) is 0 Å². The molecule has 0 aliphatic heterocycles. The predicted molar refractivity (Wildman–Crippen MR) is 170 cm³/mol. The molecule has 0 heterocycles. The van der Waals surface area contributed by atoms with E-state index in [-0.39, 0.29) is 5.78 Å². The maximum Gasteiger partial charge on any atom is 0.187 e. The van der Waals surface area contributed by atoms with Crippen LogP contribution in [0.5, 0.6) is 0 Å². The van der Waals surface area contributed by atoms with Gasteiger partial charge in [-0.15, -0.1) is 0 Å². The van der Waals surface area contributed by atoms with Gasteiger partial charge in [0.25, 0.3) is 0 Å². The van der Waals surface area contributed by atoms with Crippen LogP contribution in [0, 0.1) is 0 Å². The minimum atomic E-state index is 0.0396. The Balaban J connectivity index is 1.45. The van der Waals surface area contributed by atoms with Crippen LogP contribution in [0.2, 0.25) is 0 Å². The van der Waals surface area contributed by atoms with Crippen LogP contribution in [-0.4, -0.2) is 23.8 Å². The van der Waals surface area contributed by atoms with Crippen LogP contribution in [0.1, 0.15) is 126 Å². The van der Waals surface area contributed by atoms with Gasteiger partial charge in [0.15, 0.2) is 5.78 Å². The minimum Gasteiger partial charge on any atom is -0.384 e. The molecule has 0 bridgehead atoms. The topological polar surface area (TPSA) is 29.1 Å². The van der Waals surface area contributed by atoms with Crippen molar-refractivity contribution in [3.63, 3.8) is 0 Å². The summed E-state index contributed by atoms with van der Waals surface area (Å²) in [7, 11) is 0. The number of hydrogen-bond donors (Lipinski definition) is 1. The number of ketones is 1. The number of unbranched alkanes of at least 4 members (excludes halogenated alkanes) is 15. The molecule has 0 unspecified atom stereocenters. The Morgan fingerprint density at radius 3 is 1.55 bits per heavy atom. The monoisotopic (exact) mass is 535 g/mol. The standard InChI is InChI=1S/C35H53NOS/c1-2-3-4-5-6-7-8-9-10-11-12-13-14-15-16-23-29-38-30-28-36-34(32-24-19-17-20-25-32)31-35(37)33-26-21-18-22-27-33/h17-22,24-27,31,36H,2-16,23,28-30H2,1H3/b34-31-. The van der Waals surface area contributed by atoms with Gasteiger partial charge in [0, 0.05) is 29.6 Å². The van der Waals surface area contributed by atoms with E-state index in [4.69, 9.17) is 0 Å². The van der Waals surface area contributed by atoms with Gasteiger partial charge < -0.3 is 5.32 Å². The molecule has 2 nitrogen and oxygen atoms in total. The molecular weight excluding hydrogens is 482 g/mol. The van der Waals surface area contributed by atoms with Crippen molar-refractivity contribution in [3.8, 4) is 0 Å². The zero-order valence-corrected chi connectivity index (χ0v) is 24.9. The first-order valence-corrected chi connectivity index (χ1v) is 16.6. The van der Waals surface area contributed by atoms with Crippen LogP contribution in [0.15, 0.2) is 66.7 Å². The Morgan fingerprint density at radius 1 is 0.605 bits per heavy atom. The molecular formula is C35H53NOS. The van der Waals surface area contributed by atoms with Gasteiger partial charge in [-0.3, -0.25) is 4.79 Å². The van der Waals surface area contributed by atoms with Crippen molar-refractivity contribution in [2.24, 2.45) is 0 Å². The third kappa shape index (κ3) is 16.1. The summed E-state index contributed by atoms with van der Waals surface area (Å²) in [6.07, 6.45) is 24.4. The molecule has 38 heavy (non-hydrogen) atoms. The van der Waals surface area contributed by atoms with Gasteiger partial charge in [-0.1, -0.05) is 164 Å². The van der Waals surface area contributed by atoms with E-state index in [1.165, 1.54) is 108 Å². The van der Waals surface area contributed by atoms with Gasteiger partial charge in [0.05, 0.1) is 0 Å². The number of hydrogen-bond acceptors (Lipinski definition) is 3. The largest absolute Gasteiger partial charge is 0.384 e. The molecule has 2 aromatic carbocycles. The number of benzene rings is 2. The fourth-order valence-corrected chi connectivity index (χ4v) is 5.64. The summed E-state index contributed by atoms with van der Waals surface area (Å²) in [5, 5.41) is 3.51. The molecule has 210 valence electrons. The van der Waals surface area contributed by atoms with Gasteiger partial charge in [-0.05, 0) is 17.7 Å². The molecule has 2 rings (SSSR count). The smallest absolute Gasteiger partial charge is 0.187 e. The summed E-state index contributed by atoms with van der Waals surface area (Å²) in [4.78, 5) is 12.7. The van der Waals surface area contributed by atoms with Crippen LogP contribution < -0.4 is 5.32 Å². The first-order chi connectivity index (χ1) is 18.8. The SMILES string of the molecule is CCCCCCCCCCCCCCCCCCSCCN/C(=C\C(=O)c1ccccc1)c1ccccc1. The number of carbonyl (C=O) groups excluding carboxylic acids is 1. The van der Waals surface area contributed by atoms with Crippen LogP contribution in [0.3, 0.4) is 0 Å². The number of allylic oxidation sites excluding steroid dienone is 1.